The van der Waals surface area contributed by atoms with Gasteiger partial charge in [-0.2, -0.15) is 0 Å². The highest BCUT2D eigenvalue weighted by atomic mass is 16.3. The van der Waals surface area contributed by atoms with Crippen LogP contribution in [0.2, 0.25) is 0 Å². The second-order valence-electron chi connectivity index (χ2n) is 5.66. The second-order valence-corrected chi connectivity index (χ2v) is 5.66. The molecule has 17 heavy (non-hydrogen) atoms. The van der Waals surface area contributed by atoms with E-state index in [9.17, 15) is 5.11 Å². The summed E-state index contributed by atoms with van der Waals surface area (Å²) in [6.07, 6.45) is 3.23. The molecule has 2 nitrogen and oxygen atoms in total. The van der Waals surface area contributed by atoms with E-state index in [2.05, 4.69) is 35.2 Å². The van der Waals surface area contributed by atoms with Gasteiger partial charge >= 0.3 is 0 Å². The molecular weight excluding hydrogens is 210 g/mol. The fourth-order valence-electron chi connectivity index (χ4n) is 3.23. The van der Waals surface area contributed by atoms with Crippen molar-refractivity contribution >= 4 is 0 Å². The molecule has 2 heteroatoms. The molecule has 0 spiro atoms. The lowest BCUT2D eigenvalue weighted by molar-refractivity contribution is 0.116. The normalized spacial score (nSPS) is 30.4. The van der Waals surface area contributed by atoms with Gasteiger partial charge in [0.05, 0.1) is 6.10 Å². The minimum Gasteiger partial charge on any atom is -0.393 e. The molecule has 1 heterocycles. The van der Waals surface area contributed by atoms with Gasteiger partial charge in [-0.25, -0.2) is 0 Å². The third kappa shape index (κ3) is 2.53. The molecule has 92 valence electrons. The van der Waals surface area contributed by atoms with Crippen molar-refractivity contribution in [2.45, 2.75) is 31.3 Å². The molecule has 1 saturated carbocycles. The Balaban J connectivity index is 1.46. The smallest absolute Gasteiger partial charge is 0.0543 e. The number of benzene rings is 1. The van der Waals surface area contributed by atoms with Crippen LogP contribution >= 0.6 is 0 Å². The molecule has 0 aromatic heterocycles. The second kappa shape index (κ2) is 4.79. The van der Waals surface area contributed by atoms with Crippen LogP contribution in [0, 0.1) is 5.92 Å². The highest BCUT2D eigenvalue weighted by Crippen LogP contribution is 2.31. The van der Waals surface area contributed by atoms with Gasteiger partial charge in [0.1, 0.15) is 0 Å². The number of likely N-dealkylation sites (tertiary alicyclic amines) is 1. The van der Waals surface area contributed by atoms with Gasteiger partial charge in [-0.1, -0.05) is 30.3 Å². The topological polar surface area (TPSA) is 23.5 Å². The van der Waals surface area contributed by atoms with E-state index in [-0.39, 0.29) is 6.10 Å². The zero-order valence-electron chi connectivity index (χ0n) is 10.3. The van der Waals surface area contributed by atoms with Crippen molar-refractivity contribution in [1.82, 2.24) is 4.90 Å². The van der Waals surface area contributed by atoms with Gasteiger partial charge in [-0.15, -0.1) is 0 Å². The summed E-state index contributed by atoms with van der Waals surface area (Å²) in [4.78, 5) is 2.54. The summed E-state index contributed by atoms with van der Waals surface area (Å²) in [5.74, 6) is 1.48. The van der Waals surface area contributed by atoms with E-state index < -0.39 is 0 Å². The molecule has 2 unspecified atom stereocenters. The Morgan fingerprint density at radius 2 is 1.88 bits per heavy atom. The first-order valence-corrected chi connectivity index (χ1v) is 6.76. The number of hydrogen-bond acceptors (Lipinski definition) is 2. The Labute approximate surface area is 103 Å². The fraction of sp³-hybridized carbons (Fsp3) is 0.600. The van der Waals surface area contributed by atoms with Crippen molar-refractivity contribution < 1.29 is 5.11 Å². The highest BCUT2D eigenvalue weighted by Gasteiger charge is 2.31. The van der Waals surface area contributed by atoms with Gasteiger partial charge in [-0.05, 0) is 30.7 Å². The maximum absolute atomic E-state index is 9.51. The molecule has 0 bridgehead atoms. The summed E-state index contributed by atoms with van der Waals surface area (Å²) < 4.78 is 0. The minimum absolute atomic E-state index is 0.0220. The van der Waals surface area contributed by atoms with E-state index in [1.54, 1.807) is 0 Å². The van der Waals surface area contributed by atoms with Crippen LogP contribution in [-0.4, -0.2) is 35.7 Å². The Bertz CT molecular complexity index is 358. The predicted molar refractivity (Wildman–Crippen MR) is 69.0 cm³/mol. The monoisotopic (exact) mass is 231 g/mol. The number of aliphatic hydroxyl groups excluding tert-OH is 1. The van der Waals surface area contributed by atoms with Crippen molar-refractivity contribution in [2.24, 2.45) is 5.92 Å². The summed E-state index contributed by atoms with van der Waals surface area (Å²) in [7, 11) is 0. The van der Waals surface area contributed by atoms with Crippen LogP contribution in [-0.2, 0) is 0 Å². The summed E-state index contributed by atoms with van der Waals surface area (Å²) in [6, 6.07) is 10.8. The lowest BCUT2D eigenvalue weighted by Gasteiger charge is -2.41. The molecule has 1 N–H and O–H groups in total. The van der Waals surface area contributed by atoms with Crippen LogP contribution in [0.3, 0.4) is 0 Å². The molecule has 2 fully saturated rings. The number of rotatable bonds is 3. The van der Waals surface area contributed by atoms with Crippen molar-refractivity contribution in [3.05, 3.63) is 35.9 Å². The van der Waals surface area contributed by atoms with E-state index in [1.807, 2.05) is 0 Å². The first-order valence-electron chi connectivity index (χ1n) is 6.76. The van der Waals surface area contributed by atoms with Gasteiger partial charge in [0.15, 0.2) is 0 Å². The lowest BCUT2D eigenvalue weighted by Crippen LogP contribution is -2.46. The summed E-state index contributed by atoms with van der Waals surface area (Å²) in [6.45, 7) is 3.60. The molecule has 1 aromatic carbocycles. The number of hydrogen-bond donors (Lipinski definition) is 1. The minimum atomic E-state index is -0.0220. The molecule has 0 radical (unpaired) electrons. The van der Waals surface area contributed by atoms with Crippen LogP contribution in [0.1, 0.15) is 30.7 Å². The van der Waals surface area contributed by atoms with Gasteiger partial charge in [0.25, 0.3) is 0 Å². The Hall–Kier alpha value is -0.860. The maximum atomic E-state index is 9.51. The van der Waals surface area contributed by atoms with E-state index in [1.165, 1.54) is 31.6 Å². The van der Waals surface area contributed by atoms with Crippen LogP contribution in [0.4, 0.5) is 0 Å². The van der Waals surface area contributed by atoms with E-state index >= 15 is 0 Å². The number of nitrogens with zero attached hydrogens (tertiary/aromatic N) is 1. The molecule has 1 aliphatic carbocycles. The van der Waals surface area contributed by atoms with Crippen molar-refractivity contribution in [3.8, 4) is 0 Å². The standard InChI is InChI=1S/C15H21NO/c17-15-7-6-12(8-15)9-16-10-14(11-16)13-4-2-1-3-5-13/h1-5,12,14-15,17H,6-11H2. The summed E-state index contributed by atoms with van der Waals surface area (Å²) in [5.41, 5.74) is 1.48. The predicted octanol–water partition coefficient (Wildman–Crippen LogP) is 2.25. The molecule has 3 rings (SSSR count). The van der Waals surface area contributed by atoms with Crippen LogP contribution in [0.25, 0.3) is 0 Å². The van der Waals surface area contributed by atoms with Gasteiger partial charge < -0.3 is 10.0 Å². The molecule has 1 saturated heterocycles. The van der Waals surface area contributed by atoms with E-state index in [0.29, 0.717) is 0 Å². The van der Waals surface area contributed by atoms with Crippen molar-refractivity contribution in [1.29, 1.82) is 0 Å². The zero-order valence-corrected chi connectivity index (χ0v) is 10.3. The highest BCUT2D eigenvalue weighted by molar-refractivity contribution is 5.22. The lowest BCUT2D eigenvalue weighted by atomic mass is 9.90. The first kappa shape index (κ1) is 11.2. The van der Waals surface area contributed by atoms with Gasteiger partial charge in [-0.3, -0.25) is 0 Å². The van der Waals surface area contributed by atoms with Crippen LogP contribution < -0.4 is 0 Å². The van der Waals surface area contributed by atoms with E-state index in [0.717, 1.165) is 24.7 Å². The van der Waals surface area contributed by atoms with Crippen LogP contribution in [0.5, 0.6) is 0 Å². The fourth-order valence-corrected chi connectivity index (χ4v) is 3.23. The van der Waals surface area contributed by atoms with E-state index in [4.69, 9.17) is 0 Å². The molecule has 2 atom stereocenters. The summed E-state index contributed by atoms with van der Waals surface area (Å²) >= 11 is 0. The largest absolute Gasteiger partial charge is 0.393 e. The average molecular weight is 231 g/mol. The zero-order chi connectivity index (χ0) is 11.7. The third-order valence-corrected chi connectivity index (χ3v) is 4.26. The molecule has 1 aliphatic heterocycles. The Kier molecular flexibility index (Phi) is 3.17. The maximum Gasteiger partial charge on any atom is 0.0543 e. The Morgan fingerprint density at radius 1 is 1.12 bits per heavy atom. The summed E-state index contributed by atoms with van der Waals surface area (Å²) in [5, 5.41) is 9.51. The SMILES string of the molecule is OC1CCC(CN2CC(c3ccccc3)C2)C1. The van der Waals surface area contributed by atoms with Gasteiger partial charge in [0.2, 0.25) is 0 Å². The quantitative estimate of drug-likeness (QED) is 0.862. The molecule has 1 aromatic rings. The number of aliphatic hydroxyl groups is 1. The molecule has 0 amide bonds. The van der Waals surface area contributed by atoms with Crippen LogP contribution in [0.15, 0.2) is 30.3 Å². The molecule has 2 aliphatic rings. The first-order chi connectivity index (χ1) is 8.31. The molecular formula is C15H21NO. The van der Waals surface area contributed by atoms with Gasteiger partial charge in [0, 0.05) is 25.6 Å². The van der Waals surface area contributed by atoms with Crippen molar-refractivity contribution in [3.63, 3.8) is 0 Å². The Morgan fingerprint density at radius 3 is 2.53 bits per heavy atom. The third-order valence-electron chi connectivity index (χ3n) is 4.26. The average Bonchev–Trinajstić information content (AvgIpc) is 2.70. The van der Waals surface area contributed by atoms with Crippen molar-refractivity contribution in [2.75, 3.05) is 19.6 Å².